The number of rotatable bonds is 5. The average molecular weight is 317 g/mol. The van der Waals surface area contributed by atoms with E-state index in [4.69, 9.17) is 5.10 Å². The van der Waals surface area contributed by atoms with Gasteiger partial charge in [-0.25, -0.2) is 0 Å². The lowest BCUT2D eigenvalue weighted by Gasteiger charge is -2.28. The van der Waals surface area contributed by atoms with Gasteiger partial charge in [-0.05, 0) is 38.3 Å². The van der Waals surface area contributed by atoms with Crippen LogP contribution >= 0.6 is 0 Å². The van der Waals surface area contributed by atoms with Gasteiger partial charge in [0.05, 0.1) is 13.5 Å². The van der Waals surface area contributed by atoms with Crippen LogP contribution in [-0.2, 0) is 16.0 Å². The number of ether oxygens (including phenoxy) is 1. The van der Waals surface area contributed by atoms with Crippen molar-refractivity contribution in [2.75, 3.05) is 12.0 Å². The average Bonchev–Trinajstić information content (AvgIpc) is 3.15. The van der Waals surface area contributed by atoms with Gasteiger partial charge in [-0.2, -0.15) is 4.52 Å². The van der Waals surface area contributed by atoms with Crippen molar-refractivity contribution in [2.45, 2.75) is 58.0 Å². The Labute approximate surface area is 135 Å². The van der Waals surface area contributed by atoms with Crippen LogP contribution in [-0.4, -0.2) is 45.0 Å². The lowest BCUT2D eigenvalue weighted by molar-refractivity contribution is -0.140. The van der Waals surface area contributed by atoms with Gasteiger partial charge in [-0.3, -0.25) is 4.79 Å². The van der Waals surface area contributed by atoms with Crippen LogP contribution in [0.2, 0.25) is 0 Å². The van der Waals surface area contributed by atoms with E-state index in [0.717, 1.165) is 12.2 Å². The zero-order valence-electron chi connectivity index (χ0n) is 13.9. The Balaban J connectivity index is 1.89. The number of fused-ring (bicyclic) bond motifs is 1. The molecule has 7 nitrogen and oxygen atoms in total. The molecule has 1 saturated heterocycles. The molecule has 2 atom stereocenters. The van der Waals surface area contributed by atoms with Crippen LogP contribution in [0.1, 0.15) is 45.4 Å². The van der Waals surface area contributed by atoms with Gasteiger partial charge in [0.15, 0.2) is 11.5 Å². The van der Waals surface area contributed by atoms with Crippen LogP contribution in [0.4, 0.5) is 5.82 Å². The second kappa shape index (κ2) is 6.52. The normalized spacial score (nSPS) is 21.1. The van der Waals surface area contributed by atoms with Gasteiger partial charge in [0, 0.05) is 18.5 Å². The quantitative estimate of drug-likeness (QED) is 0.785. The number of esters is 1. The first-order valence-corrected chi connectivity index (χ1v) is 8.20. The molecule has 0 aromatic carbocycles. The number of aryl methyl sites for hydroxylation is 1. The standard InChI is InChI=1S/C16H23N5O2/c1-4-12-6-5-11(2)20(12)15-8-7-13-17-18-14(21(13)19-15)9-10-16(22)23-3/h7-8,11-12H,4-6,9-10H2,1-3H3. The molecule has 2 aromatic heterocycles. The molecular weight excluding hydrogens is 294 g/mol. The SMILES string of the molecule is CCC1CCC(C)N1c1ccc2nnc(CCC(=O)OC)n2n1. The van der Waals surface area contributed by atoms with E-state index in [0.29, 0.717) is 30.0 Å². The maximum absolute atomic E-state index is 11.3. The number of hydrogen-bond donors (Lipinski definition) is 0. The Hall–Kier alpha value is -2.18. The van der Waals surface area contributed by atoms with Crippen molar-refractivity contribution in [2.24, 2.45) is 0 Å². The molecule has 23 heavy (non-hydrogen) atoms. The summed E-state index contributed by atoms with van der Waals surface area (Å²) >= 11 is 0. The van der Waals surface area contributed by atoms with Crippen molar-refractivity contribution in [3.63, 3.8) is 0 Å². The summed E-state index contributed by atoms with van der Waals surface area (Å²) in [5, 5.41) is 13.0. The molecule has 0 amide bonds. The third kappa shape index (κ3) is 3.00. The summed E-state index contributed by atoms with van der Waals surface area (Å²) in [7, 11) is 1.39. The van der Waals surface area contributed by atoms with E-state index >= 15 is 0 Å². The van der Waals surface area contributed by atoms with Crippen molar-refractivity contribution in [3.05, 3.63) is 18.0 Å². The van der Waals surface area contributed by atoms with Crippen LogP contribution in [0, 0.1) is 0 Å². The molecule has 0 bridgehead atoms. The Morgan fingerprint density at radius 3 is 2.91 bits per heavy atom. The van der Waals surface area contributed by atoms with Gasteiger partial charge in [0.2, 0.25) is 0 Å². The molecule has 2 aromatic rings. The molecule has 2 unspecified atom stereocenters. The topological polar surface area (TPSA) is 72.6 Å². The molecule has 0 aliphatic carbocycles. The van der Waals surface area contributed by atoms with Crippen LogP contribution in [0.15, 0.2) is 12.1 Å². The fourth-order valence-electron chi connectivity index (χ4n) is 3.32. The zero-order valence-corrected chi connectivity index (χ0v) is 13.9. The Bertz CT molecular complexity index is 699. The molecule has 1 aliphatic heterocycles. The Morgan fingerprint density at radius 2 is 2.17 bits per heavy atom. The first-order chi connectivity index (χ1) is 11.1. The first-order valence-electron chi connectivity index (χ1n) is 8.20. The van der Waals surface area contributed by atoms with E-state index in [1.165, 1.54) is 20.0 Å². The fourth-order valence-corrected chi connectivity index (χ4v) is 3.32. The minimum atomic E-state index is -0.253. The predicted octanol–water partition coefficient (Wildman–Crippen LogP) is 2.00. The number of carbonyl (C=O) groups excluding carboxylic acids is 1. The number of nitrogens with zero attached hydrogens (tertiary/aromatic N) is 5. The number of aromatic nitrogens is 4. The second-order valence-electron chi connectivity index (χ2n) is 6.05. The number of methoxy groups -OCH3 is 1. The Morgan fingerprint density at radius 1 is 1.35 bits per heavy atom. The van der Waals surface area contributed by atoms with E-state index in [9.17, 15) is 4.79 Å². The van der Waals surface area contributed by atoms with Crippen molar-refractivity contribution >= 4 is 17.4 Å². The second-order valence-corrected chi connectivity index (χ2v) is 6.05. The summed E-state index contributed by atoms with van der Waals surface area (Å²) in [6, 6.07) is 4.97. The van der Waals surface area contributed by atoms with Crippen LogP contribution < -0.4 is 4.90 Å². The van der Waals surface area contributed by atoms with Gasteiger partial charge in [0.1, 0.15) is 5.82 Å². The van der Waals surface area contributed by atoms with Gasteiger partial charge >= 0.3 is 5.97 Å². The molecule has 1 fully saturated rings. The number of carbonyl (C=O) groups is 1. The van der Waals surface area contributed by atoms with Gasteiger partial charge in [0.25, 0.3) is 0 Å². The van der Waals surface area contributed by atoms with E-state index in [2.05, 4.69) is 33.7 Å². The van der Waals surface area contributed by atoms with Gasteiger partial charge in [-0.1, -0.05) is 6.92 Å². The van der Waals surface area contributed by atoms with Crippen molar-refractivity contribution < 1.29 is 9.53 Å². The van der Waals surface area contributed by atoms with E-state index < -0.39 is 0 Å². The van der Waals surface area contributed by atoms with Crippen molar-refractivity contribution in [3.8, 4) is 0 Å². The Kier molecular flexibility index (Phi) is 4.45. The van der Waals surface area contributed by atoms with Gasteiger partial charge in [-0.15, -0.1) is 15.3 Å². The summed E-state index contributed by atoms with van der Waals surface area (Å²) in [6.45, 7) is 4.46. The summed E-state index contributed by atoms with van der Waals surface area (Å²) in [5.41, 5.74) is 0.702. The number of hydrogen-bond acceptors (Lipinski definition) is 6. The maximum Gasteiger partial charge on any atom is 0.305 e. The molecule has 3 rings (SSSR count). The molecule has 7 heteroatoms. The molecule has 3 heterocycles. The maximum atomic E-state index is 11.3. The molecule has 124 valence electrons. The lowest BCUT2D eigenvalue weighted by Crippen LogP contribution is -2.35. The van der Waals surface area contributed by atoms with E-state index in [1.54, 1.807) is 4.52 Å². The fraction of sp³-hybridized carbons (Fsp3) is 0.625. The van der Waals surface area contributed by atoms with E-state index in [1.807, 2.05) is 12.1 Å². The highest BCUT2D eigenvalue weighted by atomic mass is 16.5. The van der Waals surface area contributed by atoms with Crippen molar-refractivity contribution in [1.29, 1.82) is 0 Å². The van der Waals surface area contributed by atoms with E-state index in [-0.39, 0.29) is 12.4 Å². The van der Waals surface area contributed by atoms with Crippen LogP contribution in [0.3, 0.4) is 0 Å². The van der Waals surface area contributed by atoms with Crippen LogP contribution in [0.25, 0.3) is 5.65 Å². The largest absolute Gasteiger partial charge is 0.469 e. The van der Waals surface area contributed by atoms with Crippen LogP contribution in [0.5, 0.6) is 0 Å². The zero-order chi connectivity index (χ0) is 16.4. The summed E-state index contributed by atoms with van der Waals surface area (Å²) in [6.07, 6.45) is 4.25. The monoisotopic (exact) mass is 317 g/mol. The summed E-state index contributed by atoms with van der Waals surface area (Å²) in [5.74, 6) is 1.39. The molecule has 0 saturated carbocycles. The molecular formula is C16H23N5O2. The minimum Gasteiger partial charge on any atom is -0.469 e. The lowest BCUT2D eigenvalue weighted by atomic mass is 10.1. The highest BCUT2D eigenvalue weighted by molar-refractivity contribution is 5.69. The highest BCUT2D eigenvalue weighted by Gasteiger charge is 2.30. The van der Waals surface area contributed by atoms with Gasteiger partial charge < -0.3 is 9.64 Å². The molecule has 0 spiro atoms. The summed E-state index contributed by atoms with van der Waals surface area (Å²) < 4.78 is 6.43. The molecule has 1 aliphatic rings. The highest BCUT2D eigenvalue weighted by Crippen LogP contribution is 2.30. The smallest absolute Gasteiger partial charge is 0.305 e. The third-order valence-corrected chi connectivity index (χ3v) is 4.62. The predicted molar refractivity (Wildman–Crippen MR) is 86.4 cm³/mol. The third-order valence-electron chi connectivity index (χ3n) is 4.62. The molecule has 0 radical (unpaired) electrons. The minimum absolute atomic E-state index is 0.253. The number of anilines is 1. The first kappa shape index (κ1) is 15.7. The summed E-state index contributed by atoms with van der Waals surface area (Å²) in [4.78, 5) is 13.7. The molecule has 0 N–H and O–H groups in total. The van der Waals surface area contributed by atoms with Crippen molar-refractivity contribution in [1.82, 2.24) is 19.8 Å².